The van der Waals surface area contributed by atoms with Crippen LogP contribution in [-0.4, -0.2) is 42.8 Å². The Kier molecular flexibility index (Phi) is 5.75. The van der Waals surface area contributed by atoms with Gasteiger partial charge in [-0.2, -0.15) is 0 Å². The Morgan fingerprint density at radius 3 is 2.65 bits per heavy atom. The Morgan fingerprint density at radius 2 is 2.05 bits per heavy atom. The van der Waals surface area contributed by atoms with Gasteiger partial charge in [-0.05, 0) is 20.8 Å². The van der Waals surface area contributed by atoms with E-state index in [4.69, 9.17) is 4.74 Å². The van der Waals surface area contributed by atoms with Crippen molar-refractivity contribution in [3.8, 4) is 0 Å². The molecule has 0 unspecified atom stereocenters. The molecule has 0 atom stereocenters. The molecular formula is C12H19N3O4S. The molecule has 1 aromatic rings. The van der Waals surface area contributed by atoms with Crippen LogP contribution in [0, 0.1) is 0 Å². The molecule has 1 amide bonds. The van der Waals surface area contributed by atoms with E-state index < -0.39 is 17.7 Å². The van der Waals surface area contributed by atoms with Crippen LogP contribution in [0.5, 0.6) is 0 Å². The average molecular weight is 301 g/mol. The van der Waals surface area contributed by atoms with Crippen LogP contribution in [0.25, 0.3) is 0 Å². The lowest BCUT2D eigenvalue weighted by molar-refractivity contribution is 0.0528. The van der Waals surface area contributed by atoms with E-state index in [9.17, 15) is 9.59 Å². The smallest absolute Gasteiger partial charge is 0.407 e. The molecule has 8 heteroatoms. The number of hydrogen-bond donors (Lipinski definition) is 2. The molecule has 0 aliphatic heterocycles. The van der Waals surface area contributed by atoms with Gasteiger partial charge >= 0.3 is 12.1 Å². The van der Waals surface area contributed by atoms with Crippen LogP contribution in [0.4, 0.5) is 9.93 Å². The van der Waals surface area contributed by atoms with Gasteiger partial charge < -0.3 is 20.1 Å². The molecule has 1 aromatic heterocycles. The summed E-state index contributed by atoms with van der Waals surface area (Å²) in [6, 6.07) is 0. The van der Waals surface area contributed by atoms with E-state index in [-0.39, 0.29) is 5.69 Å². The topological polar surface area (TPSA) is 89.6 Å². The second-order valence-corrected chi connectivity index (χ2v) is 5.74. The molecule has 0 aliphatic rings. The van der Waals surface area contributed by atoms with Crippen molar-refractivity contribution in [2.45, 2.75) is 26.4 Å². The first-order valence-corrected chi connectivity index (χ1v) is 6.94. The summed E-state index contributed by atoms with van der Waals surface area (Å²) in [5.41, 5.74) is -0.248. The van der Waals surface area contributed by atoms with Gasteiger partial charge in [-0.25, -0.2) is 14.6 Å². The Bertz CT molecular complexity index is 468. The summed E-state index contributed by atoms with van der Waals surface area (Å²) in [4.78, 5) is 26.6. The molecule has 0 fully saturated rings. The van der Waals surface area contributed by atoms with E-state index in [0.717, 1.165) is 0 Å². The van der Waals surface area contributed by atoms with Gasteiger partial charge in [-0.1, -0.05) is 0 Å². The summed E-state index contributed by atoms with van der Waals surface area (Å²) in [6.07, 6.45) is -0.464. The maximum atomic E-state index is 11.4. The number of amides is 1. The maximum absolute atomic E-state index is 11.4. The van der Waals surface area contributed by atoms with Gasteiger partial charge in [-0.15, -0.1) is 11.3 Å². The zero-order chi connectivity index (χ0) is 15.2. The highest BCUT2D eigenvalue weighted by Crippen LogP contribution is 2.15. The van der Waals surface area contributed by atoms with Crippen LogP contribution >= 0.6 is 11.3 Å². The van der Waals surface area contributed by atoms with Crippen molar-refractivity contribution in [3.05, 3.63) is 11.1 Å². The molecule has 0 spiro atoms. The van der Waals surface area contributed by atoms with Gasteiger partial charge in [0, 0.05) is 18.5 Å². The molecule has 112 valence electrons. The number of carbonyl (C=O) groups excluding carboxylic acids is 2. The standard InChI is InChI=1S/C12H19N3O4S/c1-12(2,3)19-11(17)14-6-5-13-10-15-8(7-20-10)9(16)18-4/h7H,5-6H2,1-4H3,(H,13,15)(H,14,17). The Hall–Kier alpha value is -1.83. The number of hydrogen-bond acceptors (Lipinski definition) is 7. The van der Waals surface area contributed by atoms with Crippen molar-refractivity contribution in [3.63, 3.8) is 0 Å². The molecule has 0 bridgehead atoms. The van der Waals surface area contributed by atoms with Crippen LogP contribution in [0.1, 0.15) is 31.3 Å². The first-order valence-electron chi connectivity index (χ1n) is 6.06. The summed E-state index contributed by atoms with van der Waals surface area (Å²) >= 11 is 1.30. The van der Waals surface area contributed by atoms with Crippen LogP contribution < -0.4 is 10.6 Å². The third-order valence-electron chi connectivity index (χ3n) is 1.97. The predicted molar refractivity (Wildman–Crippen MR) is 76.2 cm³/mol. The number of alkyl carbamates (subject to hydrolysis) is 1. The Labute approximate surface area is 121 Å². The van der Waals surface area contributed by atoms with Crippen LogP contribution in [0.2, 0.25) is 0 Å². The number of ether oxygens (including phenoxy) is 2. The third-order valence-corrected chi connectivity index (χ3v) is 2.77. The van der Waals surface area contributed by atoms with E-state index >= 15 is 0 Å². The SMILES string of the molecule is COC(=O)c1csc(NCCNC(=O)OC(C)(C)C)n1. The normalized spacial score (nSPS) is 10.8. The Balaban J connectivity index is 2.26. The second kappa shape index (κ2) is 7.09. The zero-order valence-electron chi connectivity index (χ0n) is 12.0. The molecule has 0 saturated heterocycles. The molecule has 0 aromatic carbocycles. The first-order chi connectivity index (χ1) is 9.31. The van der Waals surface area contributed by atoms with Gasteiger partial charge in [-0.3, -0.25) is 0 Å². The summed E-state index contributed by atoms with van der Waals surface area (Å²) < 4.78 is 9.65. The van der Waals surface area contributed by atoms with Gasteiger partial charge in [0.05, 0.1) is 7.11 Å². The van der Waals surface area contributed by atoms with Gasteiger partial charge in [0.1, 0.15) is 5.60 Å². The molecular weight excluding hydrogens is 282 g/mol. The number of carbonyl (C=O) groups is 2. The van der Waals surface area contributed by atoms with Gasteiger partial charge in [0.15, 0.2) is 10.8 Å². The highest BCUT2D eigenvalue weighted by Gasteiger charge is 2.15. The highest BCUT2D eigenvalue weighted by molar-refractivity contribution is 7.13. The number of rotatable bonds is 5. The molecule has 1 heterocycles. The minimum Gasteiger partial charge on any atom is -0.464 e. The molecule has 0 radical (unpaired) electrons. The summed E-state index contributed by atoms with van der Waals surface area (Å²) in [5.74, 6) is -0.471. The van der Waals surface area contributed by atoms with Crippen molar-refractivity contribution in [1.29, 1.82) is 0 Å². The molecule has 20 heavy (non-hydrogen) atoms. The lowest BCUT2D eigenvalue weighted by Crippen LogP contribution is -2.34. The molecule has 7 nitrogen and oxygen atoms in total. The number of nitrogens with zero attached hydrogens (tertiary/aromatic N) is 1. The summed E-state index contributed by atoms with van der Waals surface area (Å²) in [5, 5.41) is 7.80. The third kappa shape index (κ3) is 5.87. The molecule has 1 rings (SSSR count). The molecule has 0 saturated carbocycles. The number of aromatic nitrogens is 1. The minimum atomic E-state index is -0.512. The van der Waals surface area contributed by atoms with Gasteiger partial charge in [0.25, 0.3) is 0 Å². The van der Waals surface area contributed by atoms with E-state index in [0.29, 0.717) is 18.2 Å². The second-order valence-electron chi connectivity index (χ2n) is 4.88. The molecule has 0 aliphatic carbocycles. The first kappa shape index (κ1) is 16.2. The fourth-order valence-electron chi connectivity index (χ4n) is 1.20. The average Bonchev–Trinajstić information content (AvgIpc) is 2.80. The van der Waals surface area contributed by atoms with Crippen molar-refractivity contribution in [2.75, 3.05) is 25.5 Å². The molecule has 2 N–H and O–H groups in total. The van der Waals surface area contributed by atoms with E-state index in [1.807, 2.05) is 0 Å². The van der Waals surface area contributed by atoms with Crippen molar-refractivity contribution in [2.24, 2.45) is 0 Å². The summed E-state index contributed by atoms with van der Waals surface area (Å²) in [6.45, 7) is 6.27. The zero-order valence-corrected chi connectivity index (χ0v) is 12.8. The van der Waals surface area contributed by atoms with Gasteiger partial charge in [0.2, 0.25) is 0 Å². The van der Waals surface area contributed by atoms with Crippen molar-refractivity contribution in [1.82, 2.24) is 10.3 Å². The fraction of sp³-hybridized carbons (Fsp3) is 0.583. The number of nitrogens with one attached hydrogen (secondary N) is 2. The minimum absolute atomic E-state index is 0.264. The number of thiazole rings is 1. The largest absolute Gasteiger partial charge is 0.464 e. The van der Waals surface area contributed by atoms with Crippen LogP contribution in [0.15, 0.2) is 5.38 Å². The fourth-order valence-corrected chi connectivity index (χ4v) is 1.91. The lowest BCUT2D eigenvalue weighted by Gasteiger charge is -2.19. The Morgan fingerprint density at radius 1 is 1.35 bits per heavy atom. The van der Waals surface area contributed by atoms with E-state index in [2.05, 4.69) is 20.4 Å². The van der Waals surface area contributed by atoms with E-state index in [1.165, 1.54) is 18.4 Å². The van der Waals surface area contributed by atoms with Crippen molar-refractivity contribution < 1.29 is 19.1 Å². The van der Waals surface area contributed by atoms with E-state index in [1.54, 1.807) is 26.2 Å². The number of methoxy groups -OCH3 is 1. The monoisotopic (exact) mass is 301 g/mol. The number of anilines is 1. The van der Waals surface area contributed by atoms with Crippen molar-refractivity contribution >= 4 is 28.5 Å². The van der Waals surface area contributed by atoms with Crippen LogP contribution in [0.3, 0.4) is 0 Å². The quantitative estimate of drug-likeness (QED) is 0.637. The maximum Gasteiger partial charge on any atom is 0.407 e. The lowest BCUT2D eigenvalue weighted by atomic mass is 10.2. The highest BCUT2D eigenvalue weighted by atomic mass is 32.1. The predicted octanol–water partition coefficient (Wildman–Crippen LogP) is 1.87. The number of esters is 1. The van der Waals surface area contributed by atoms with Crippen LogP contribution in [-0.2, 0) is 9.47 Å². The summed E-state index contributed by atoms with van der Waals surface area (Å²) in [7, 11) is 1.31.